The number of fused-ring (bicyclic) bond motifs is 1. The van der Waals surface area contributed by atoms with Crippen molar-refractivity contribution in [2.24, 2.45) is 5.73 Å². The highest BCUT2D eigenvalue weighted by atomic mass is 16.2. The summed E-state index contributed by atoms with van der Waals surface area (Å²) in [5, 5.41) is 3.12. The third kappa shape index (κ3) is 3.97. The van der Waals surface area contributed by atoms with Crippen LogP contribution in [0.2, 0.25) is 0 Å². The SMILES string of the molecule is CN(CCc1ccccc1)C1(C(=O)NCCCN)Cc2ccccc2C1. The van der Waals surface area contributed by atoms with Crippen molar-refractivity contribution in [1.82, 2.24) is 10.2 Å². The van der Waals surface area contributed by atoms with Gasteiger partial charge in [0.15, 0.2) is 0 Å². The molecule has 2 aromatic carbocycles. The summed E-state index contributed by atoms with van der Waals surface area (Å²) in [6, 6.07) is 18.9. The van der Waals surface area contributed by atoms with Crippen LogP contribution in [0.4, 0.5) is 0 Å². The predicted octanol–water partition coefficient (Wildman–Crippen LogP) is 2.16. The van der Waals surface area contributed by atoms with E-state index in [1.807, 2.05) is 6.07 Å². The Balaban J connectivity index is 1.76. The topological polar surface area (TPSA) is 58.4 Å². The molecule has 1 aliphatic rings. The van der Waals surface area contributed by atoms with Crippen molar-refractivity contribution in [2.75, 3.05) is 26.7 Å². The monoisotopic (exact) mass is 351 g/mol. The largest absolute Gasteiger partial charge is 0.354 e. The zero-order chi connectivity index (χ0) is 18.4. The van der Waals surface area contributed by atoms with Crippen molar-refractivity contribution < 1.29 is 4.79 Å². The minimum atomic E-state index is -0.507. The summed E-state index contributed by atoms with van der Waals surface area (Å²) in [6.07, 6.45) is 3.28. The van der Waals surface area contributed by atoms with Crippen molar-refractivity contribution in [3.8, 4) is 0 Å². The second-order valence-corrected chi connectivity index (χ2v) is 7.21. The lowest BCUT2D eigenvalue weighted by atomic mass is 9.91. The van der Waals surface area contributed by atoms with Gasteiger partial charge in [0.1, 0.15) is 5.54 Å². The molecule has 4 nitrogen and oxygen atoms in total. The maximum absolute atomic E-state index is 13.2. The minimum Gasteiger partial charge on any atom is -0.354 e. The van der Waals surface area contributed by atoms with Crippen molar-refractivity contribution in [2.45, 2.75) is 31.2 Å². The van der Waals surface area contributed by atoms with E-state index in [2.05, 4.69) is 65.8 Å². The molecule has 1 aliphatic carbocycles. The van der Waals surface area contributed by atoms with Gasteiger partial charge in [-0.1, -0.05) is 54.6 Å². The molecule has 0 aromatic heterocycles. The molecule has 0 saturated heterocycles. The van der Waals surface area contributed by atoms with Crippen molar-refractivity contribution in [3.63, 3.8) is 0 Å². The molecule has 2 aromatic rings. The fourth-order valence-corrected chi connectivity index (χ4v) is 3.82. The van der Waals surface area contributed by atoms with E-state index in [-0.39, 0.29) is 5.91 Å². The highest BCUT2D eigenvalue weighted by molar-refractivity contribution is 5.88. The van der Waals surface area contributed by atoms with Gasteiger partial charge >= 0.3 is 0 Å². The Hall–Kier alpha value is -2.17. The number of rotatable bonds is 8. The lowest BCUT2D eigenvalue weighted by molar-refractivity contribution is -0.132. The lowest BCUT2D eigenvalue weighted by Gasteiger charge is -2.37. The number of carbonyl (C=O) groups excluding carboxylic acids is 1. The van der Waals surface area contributed by atoms with Gasteiger partial charge in [0, 0.05) is 25.9 Å². The fraction of sp³-hybridized carbons (Fsp3) is 0.409. The molecule has 0 fully saturated rings. The molecule has 4 heteroatoms. The van der Waals surface area contributed by atoms with Crippen LogP contribution in [0.5, 0.6) is 0 Å². The third-order valence-electron chi connectivity index (χ3n) is 5.48. The van der Waals surface area contributed by atoms with Crippen LogP contribution in [0.15, 0.2) is 54.6 Å². The summed E-state index contributed by atoms with van der Waals surface area (Å²) in [6.45, 7) is 2.08. The molecule has 0 spiro atoms. The van der Waals surface area contributed by atoms with Crippen LogP contribution in [-0.2, 0) is 24.1 Å². The summed E-state index contributed by atoms with van der Waals surface area (Å²) in [5.74, 6) is 0.123. The van der Waals surface area contributed by atoms with Gasteiger partial charge in [0.05, 0.1) is 0 Å². The minimum absolute atomic E-state index is 0.123. The number of likely N-dealkylation sites (N-methyl/N-ethyl adjacent to an activating group) is 1. The van der Waals surface area contributed by atoms with Gasteiger partial charge in [0.25, 0.3) is 0 Å². The van der Waals surface area contributed by atoms with Gasteiger partial charge < -0.3 is 11.1 Å². The standard InChI is InChI=1S/C22H29N3O/c1-25(15-12-18-8-3-2-4-9-18)22(21(26)24-14-7-13-23)16-19-10-5-6-11-20(19)17-22/h2-6,8-11H,7,12-17,23H2,1H3,(H,24,26). The van der Waals surface area contributed by atoms with E-state index in [1.165, 1.54) is 16.7 Å². The summed E-state index contributed by atoms with van der Waals surface area (Å²) in [4.78, 5) is 15.4. The van der Waals surface area contributed by atoms with Crippen LogP contribution < -0.4 is 11.1 Å². The quantitative estimate of drug-likeness (QED) is 0.717. The second kappa shape index (κ2) is 8.47. The Labute approximate surface area is 156 Å². The molecule has 0 bridgehead atoms. The first-order valence-electron chi connectivity index (χ1n) is 9.46. The van der Waals surface area contributed by atoms with Gasteiger partial charge in [-0.2, -0.15) is 0 Å². The van der Waals surface area contributed by atoms with E-state index in [4.69, 9.17) is 5.73 Å². The number of hydrogen-bond acceptors (Lipinski definition) is 3. The molecular weight excluding hydrogens is 322 g/mol. The number of nitrogens with zero attached hydrogens (tertiary/aromatic N) is 1. The van der Waals surface area contributed by atoms with Gasteiger partial charge in [-0.3, -0.25) is 9.69 Å². The average Bonchev–Trinajstić information content (AvgIpc) is 3.08. The molecule has 1 amide bonds. The van der Waals surface area contributed by atoms with Crippen molar-refractivity contribution >= 4 is 5.91 Å². The van der Waals surface area contributed by atoms with Crippen molar-refractivity contribution in [3.05, 3.63) is 71.3 Å². The van der Waals surface area contributed by atoms with E-state index in [0.29, 0.717) is 13.1 Å². The Bertz CT molecular complexity index is 704. The molecule has 0 saturated carbocycles. The maximum Gasteiger partial charge on any atom is 0.241 e. The third-order valence-corrected chi connectivity index (χ3v) is 5.48. The normalized spacial score (nSPS) is 15.0. The predicted molar refractivity (Wildman–Crippen MR) is 106 cm³/mol. The van der Waals surface area contributed by atoms with E-state index in [0.717, 1.165) is 32.2 Å². The van der Waals surface area contributed by atoms with Crippen LogP contribution in [0.1, 0.15) is 23.1 Å². The Morgan fingerprint density at radius 2 is 1.69 bits per heavy atom. The smallest absolute Gasteiger partial charge is 0.241 e. The number of nitrogens with two attached hydrogens (primary N) is 1. The van der Waals surface area contributed by atoms with Crippen molar-refractivity contribution in [1.29, 1.82) is 0 Å². The summed E-state index contributed by atoms with van der Waals surface area (Å²) >= 11 is 0. The Morgan fingerprint density at radius 1 is 1.08 bits per heavy atom. The molecule has 0 radical (unpaired) electrons. The molecule has 26 heavy (non-hydrogen) atoms. The molecule has 0 aliphatic heterocycles. The summed E-state index contributed by atoms with van der Waals surface area (Å²) < 4.78 is 0. The average molecular weight is 351 g/mol. The van der Waals surface area contributed by atoms with Gasteiger partial charge in [-0.05, 0) is 43.1 Å². The van der Waals surface area contributed by atoms with E-state index in [1.54, 1.807) is 0 Å². The zero-order valence-corrected chi connectivity index (χ0v) is 15.6. The Morgan fingerprint density at radius 3 is 2.31 bits per heavy atom. The van der Waals surface area contributed by atoms with E-state index in [9.17, 15) is 4.79 Å². The van der Waals surface area contributed by atoms with Gasteiger partial charge in [-0.15, -0.1) is 0 Å². The molecular formula is C22H29N3O. The molecule has 3 rings (SSSR count). The first kappa shape index (κ1) is 18.6. The number of hydrogen-bond donors (Lipinski definition) is 2. The second-order valence-electron chi connectivity index (χ2n) is 7.21. The fourth-order valence-electron chi connectivity index (χ4n) is 3.82. The first-order chi connectivity index (χ1) is 12.7. The van der Waals surface area contributed by atoms with Crippen LogP contribution in [-0.4, -0.2) is 43.0 Å². The number of nitrogens with one attached hydrogen (secondary N) is 1. The maximum atomic E-state index is 13.2. The first-order valence-corrected chi connectivity index (χ1v) is 9.46. The highest BCUT2D eigenvalue weighted by Crippen LogP contribution is 2.34. The molecule has 0 unspecified atom stereocenters. The molecule has 0 heterocycles. The molecule has 138 valence electrons. The van der Waals surface area contributed by atoms with E-state index >= 15 is 0 Å². The summed E-state index contributed by atoms with van der Waals surface area (Å²) in [7, 11) is 2.08. The van der Waals surface area contributed by atoms with E-state index < -0.39 is 5.54 Å². The van der Waals surface area contributed by atoms with Gasteiger partial charge in [-0.25, -0.2) is 0 Å². The van der Waals surface area contributed by atoms with Crippen LogP contribution in [0.25, 0.3) is 0 Å². The zero-order valence-electron chi connectivity index (χ0n) is 15.6. The lowest BCUT2D eigenvalue weighted by Crippen LogP contribution is -2.59. The summed E-state index contributed by atoms with van der Waals surface area (Å²) in [5.41, 5.74) is 8.94. The van der Waals surface area contributed by atoms with Crippen LogP contribution in [0, 0.1) is 0 Å². The highest BCUT2D eigenvalue weighted by Gasteiger charge is 2.46. The molecule has 3 N–H and O–H groups in total. The number of amides is 1. The Kier molecular flexibility index (Phi) is 6.07. The van der Waals surface area contributed by atoms with Crippen LogP contribution in [0.3, 0.4) is 0 Å². The molecule has 0 atom stereocenters. The number of benzene rings is 2. The van der Waals surface area contributed by atoms with Crippen LogP contribution >= 0.6 is 0 Å². The van der Waals surface area contributed by atoms with Gasteiger partial charge in [0.2, 0.25) is 5.91 Å². The number of carbonyl (C=O) groups is 1.